The molecule has 0 aliphatic carbocycles. The van der Waals surface area contributed by atoms with E-state index in [-0.39, 0.29) is 13.0 Å². The highest BCUT2D eigenvalue weighted by atomic mass is 31.2. The summed E-state index contributed by atoms with van der Waals surface area (Å²) in [5.74, 6) is 0. The van der Waals surface area contributed by atoms with Crippen molar-refractivity contribution in [1.29, 1.82) is 0 Å². The Bertz CT molecular complexity index is 597. The molecule has 128 valence electrons. The zero-order valence-electron chi connectivity index (χ0n) is 12.1. The van der Waals surface area contributed by atoms with Crippen LogP contribution in [0.2, 0.25) is 0 Å². The maximum Gasteiger partial charge on any atom is 0.325 e. The summed E-state index contributed by atoms with van der Waals surface area (Å²) in [5, 5.41) is 23.8. The van der Waals surface area contributed by atoms with Gasteiger partial charge in [-0.15, -0.1) is 0 Å². The fourth-order valence-electron chi connectivity index (χ4n) is 2.93. The van der Waals surface area contributed by atoms with Crippen LogP contribution in [-0.4, -0.2) is 67.9 Å². The van der Waals surface area contributed by atoms with E-state index < -0.39 is 43.9 Å². The number of pyridine rings is 1. The molecule has 1 aromatic rings. The molecule has 3 rings (SSSR count). The normalized spacial score (nSPS) is 36.9. The number of hydrogen-bond donors (Lipinski definition) is 5. The highest BCUT2D eigenvalue weighted by Gasteiger charge is 2.59. The summed E-state index contributed by atoms with van der Waals surface area (Å²) in [6.07, 6.45) is -0.767. The average molecular weight is 346 g/mol. The van der Waals surface area contributed by atoms with Gasteiger partial charge in [0.1, 0.15) is 23.9 Å². The number of aliphatic hydroxyl groups excluding tert-OH is 2. The molecule has 0 unspecified atom stereocenters. The van der Waals surface area contributed by atoms with Gasteiger partial charge < -0.3 is 34.8 Å². The van der Waals surface area contributed by atoms with E-state index in [0.717, 1.165) is 0 Å². The van der Waals surface area contributed by atoms with Gasteiger partial charge in [-0.05, 0) is 18.6 Å². The quantitative estimate of drug-likeness (QED) is 0.437. The molecule has 9 nitrogen and oxygen atoms in total. The molecule has 2 aliphatic rings. The Balaban J connectivity index is 1.74. The molecule has 3 heterocycles. The Morgan fingerprint density at radius 1 is 1.43 bits per heavy atom. The Labute approximate surface area is 132 Å². The molecule has 5 N–H and O–H groups in total. The van der Waals surface area contributed by atoms with Gasteiger partial charge in [0.15, 0.2) is 6.29 Å². The fraction of sp³-hybridized carbons (Fsp3) is 0.615. The summed E-state index contributed by atoms with van der Waals surface area (Å²) in [7, 11) is -4.24. The summed E-state index contributed by atoms with van der Waals surface area (Å²) in [6.45, 7) is -0.0406. The van der Waals surface area contributed by atoms with Crippen molar-refractivity contribution in [2.45, 2.75) is 36.6 Å². The predicted molar refractivity (Wildman–Crippen MR) is 78.7 cm³/mol. The first-order valence-electron chi connectivity index (χ1n) is 7.17. The molecule has 0 spiro atoms. The number of rotatable bonds is 5. The van der Waals surface area contributed by atoms with E-state index >= 15 is 0 Å². The highest BCUT2D eigenvalue weighted by molar-refractivity contribution is 7.51. The molecule has 2 saturated heterocycles. The molecule has 0 radical (unpaired) electrons. The maximum absolute atomic E-state index is 11.1. The summed E-state index contributed by atoms with van der Waals surface area (Å²) in [5.41, 5.74) is -0.677. The number of fused-ring (bicyclic) bond motifs is 2. The van der Waals surface area contributed by atoms with E-state index in [0.29, 0.717) is 5.69 Å². The molecule has 0 aromatic carbocycles. The minimum Gasteiger partial charge on any atom is -0.388 e. The lowest BCUT2D eigenvalue weighted by atomic mass is 9.86. The number of aliphatic hydroxyl groups is 2. The first-order chi connectivity index (χ1) is 10.8. The van der Waals surface area contributed by atoms with Crippen LogP contribution in [0.5, 0.6) is 0 Å². The number of hydrogen-bond acceptors (Lipinski definition) is 7. The van der Waals surface area contributed by atoms with Crippen molar-refractivity contribution in [3.05, 3.63) is 24.5 Å². The topological polar surface area (TPSA) is 141 Å². The minimum atomic E-state index is -4.24. The number of nitrogens with one attached hydrogen (secondary N) is 1. The van der Waals surface area contributed by atoms with Crippen molar-refractivity contribution in [2.75, 3.05) is 18.1 Å². The van der Waals surface area contributed by atoms with Crippen molar-refractivity contribution in [3.63, 3.8) is 0 Å². The molecule has 2 bridgehead atoms. The summed E-state index contributed by atoms with van der Waals surface area (Å²) >= 11 is 0. The number of ether oxygens (including phenoxy) is 2. The molecule has 2 aliphatic heterocycles. The molecule has 0 amide bonds. The number of nitrogens with zero attached hydrogens (tertiary/aromatic N) is 1. The van der Waals surface area contributed by atoms with Crippen LogP contribution in [0.25, 0.3) is 0 Å². The maximum atomic E-state index is 11.1. The van der Waals surface area contributed by atoms with Gasteiger partial charge >= 0.3 is 7.60 Å². The molecule has 10 heteroatoms. The first-order valence-corrected chi connectivity index (χ1v) is 8.97. The zero-order chi connectivity index (χ0) is 16.7. The van der Waals surface area contributed by atoms with Crippen molar-refractivity contribution in [1.82, 2.24) is 4.98 Å². The Morgan fingerprint density at radius 2 is 2.22 bits per heavy atom. The molecular formula is C13H19N2O7P. The third-order valence-electron chi connectivity index (χ3n) is 4.19. The standard InChI is InChI=1S/C13H19N2O7P/c16-10-9(15-8-2-1-4-14-6-8)12-21-7-13(22-12,11(10)17)3-5-23(18,19)20/h1-2,4,6,9-12,15-17H,3,5,7H2,(H2,18,19,20)/t9-,10-,11+,12+,13+/m1/s1. The van der Waals surface area contributed by atoms with Crippen LogP contribution in [0.1, 0.15) is 6.42 Å². The second-order valence-corrected chi connectivity index (χ2v) is 7.62. The lowest BCUT2D eigenvalue weighted by Gasteiger charge is -2.43. The fourth-order valence-corrected chi connectivity index (χ4v) is 3.60. The molecule has 2 fully saturated rings. The Hall–Kier alpha value is -1.06. The van der Waals surface area contributed by atoms with E-state index in [1.165, 1.54) is 0 Å². The minimum absolute atomic E-state index is 0.0406. The Morgan fingerprint density at radius 3 is 2.87 bits per heavy atom. The summed E-state index contributed by atoms with van der Waals surface area (Å²) < 4.78 is 22.3. The smallest absolute Gasteiger partial charge is 0.325 e. The van der Waals surface area contributed by atoms with Crippen LogP contribution in [0.15, 0.2) is 24.5 Å². The zero-order valence-corrected chi connectivity index (χ0v) is 13.0. The van der Waals surface area contributed by atoms with Gasteiger partial charge in [-0.25, -0.2) is 0 Å². The molecule has 23 heavy (non-hydrogen) atoms. The van der Waals surface area contributed by atoms with Crippen molar-refractivity contribution in [2.24, 2.45) is 0 Å². The van der Waals surface area contributed by atoms with Crippen molar-refractivity contribution < 1.29 is 34.0 Å². The van der Waals surface area contributed by atoms with E-state index in [2.05, 4.69) is 10.3 Å². The highest BCUT2D eigenvalue weighted by Crippen LogP contribution is 2.44. The number of aromatic nitrogens is 1. The van der Waals surface area contributed by atoms with E-state index in [4.69, 9.17) is 19.3 Å². The van der Waals surface area contributed by atoms with Gasteiger partial charge in [-0.2, -0.15) is 0 Å². The summed E-state index contributed by atoms with van der Waals surface area (Å²) in [6, 6.07) is 2.74. The van der Waals surface area contributed by atoms with Crippen LogP contribution in [0.3, 0.4) is 0 Å². The van der Waals surface area contributed by atoms with Gasteiger partial charge in [0.2, 0.25) is 0 Å². The van der Waals surface area contributed by atoms with Gasteiger partial charge in [-0.3, -0.25) is 9.55 Å². The van der Waals surface area contributed by atoms with E-state index in [1.54, 1.807) is 24.5 Å². The van der Waals surface area contributed by atoms with E-state index in [9.17, 15) is 14.8 Å². The van der Waals surface area contributed by atoms with Crippen LogP contribution in [-0.2, 0) is 14.0 Å². The summed E-state index contributed by atoms with van der Waals surface area (Å²) in [4.78, 5) is 22.0. The van der Waals surface area contributed by atoms with E-state index in [1.807, 2.05) is 0 Å². The second-order valence-electron chi connectivity index (χ2n) is 5.85. The van der Waals surface area contributed by atoms with Gasteiger partial charge in [0.25, 0.3) is 0 Å². The predicted octanol–water partition coefficient (Wildman–Crippen LogP) is -0.723. The van der Waals surface area contributed by atoms with Gasteiger partial charge in [0.05, 0.1) is 18.5 Å². The lowest BCUT2D eigenvalue weighted by molar-refractivity contribution is -0.215. The van der Waals surface area contributed by atoms with Crippen molar-refractivity contribution in [3.8, 4) is 0 Å². The molecule has 0 saturated carbocycles. The molecular weight excluding hydrogens is 327 g/mol. The first kappa shape index (κ1) is 16.8. The SMILES string of the molecule is O=P(O)(O)CC[C@@]12CO[C@@H](O1)[C@H](Nc1cccnc1)[C@@H](O)[C@@H]2O. The monoisotopic (exact) mass is 346 g/mol. The number of anilines is 1. The van der Waals surface area contributed by atoms with Crippen molar-refractivity contribution >= 4 is 13.3 Å². The third-order valence-corrected chi connectivity index (χ3v) is 4.99. The van der Waals surface area contributed by atoms with Crippen LogP contribution in [0, 0.1) is 0 Å². The van der Waals surface area contributed by atoms with Crippen LogP contribution >= 0.6 is 7.60 Å². The lowest BCUT2D eigenvalue weighted by Crippen LogP contribution is -2.63. The third kappa shape index (κ3) is 3.41. The molecule has 5 atom stereocenters. The van der Waals surface area contributed by atoms with Gasteiger partial charge in [0, 0.05) is 12.4 Å². The van der Waals surface area contributed by atoms with Crippen LogP contribution < -0.4 is 5.32 Å². The van der Waals surface area contributed by atoms with Crippen LogP contribution in [0.4, 0.5) is 5.69 Å². The second kappa shape index (κ2) is 6.10. The molecule has 1 aromatic heterocycles. The van der Waals surface area contributed by atoms with Gasteiger partial charge in [-0.1, -0.05) is 0 Å². The average Bonchev–Trinajstić information content (AvgIpc) is 2.91. The Kier molecular flexibility index (Phi) is 4.45. The largest absolute Gasteiger partial charge is 0.388 e.